The SMILES string of the molecule is C.CC(C)C(=C[N+](=O)[O-])C(C)C.CC(C)C(=NC#N)C(C)C.CC(C)C(=O)C(C)C.CC(C)C(=S)C(C)C.CC(C)C1=NS(=O)(=O)N=C(C(C)C)N1C.CC(C)C1=NS(=O)(=O)N=C1C(C)C.CC(C)C1=NS(=O)N=C1C(C)C.CC(C)S(=O)(=O)C(C)C.CC(C)c1c(C(C)C)c(=O)c1=O.CC(C)c1nsnc1C(C)C. The maximum Gasteiger partial charge on any atom is 0.366 e. The zero-order chi connectivity index (χ0) is 87.5. The molecule has 0 saturated heterocycles. The van der Waals surface area contributed by atoms with E-state index in [1.807, 2.05) is 172 Å². The third-order valence-corrected chi connectivity index (χ3v) is 22.5. The summed E-state index contributed by atoms with van der Waals surface area (Å²) in [5.74, 6) is 6.68. The van der Waals surface area contributed by atoms with Crippen LogP contribution in [-0.4, -0.2) is 116 Å². The highest BCUT2D eigenvalue weighted by Crippen LogP contribution is 2.25. The highest BCUT2D eigenvalue weighted by molar-refractivity contribution is 7.92. The normalized spacial score (nSPS) is 14.3. The van der Waals surface area contributed by atoms with Gasteiger partial charge >= 0.3 is 20.4 Å². The lowest BCUT2D eigenvalue weighted by Crippen LogP contribution is -2.42. The molecular weight excluding hydrogens is 1510 g/mol. The average Bonchev–Trinajstić information content (AvgIpc) is 1.08. The van der Waals surface area contributed by atoms with Crippen molar-refractivity contribution >= 4 is 116 Å². The first-order valence-electron chi connectivity index (χ1n) is 38.2. The molecule has 0 spiro atoms. The van der Waals surface area contributed by atoms with Crippen molar-refractivity contribution in [3.63, 3.8) is 0 Å². The molecule has 0 unspecified atom stereocenters. The van der Waals surface area contributed by atoms with Crippen molar-refractivity contribution in [2.45, 2.75) is 319 Å². The lowest BCUT2D eigenvalue weighted by atomic mass is 9.85. The summed E-state index contributed by atoms with van der Waals surface area (Å²) in [7, 11) is -8.25. The molecule has 3 aliphatic rings. The Bertz CT molecular complexity index is 3690. The van der Waals surface area contributed by atoms with Crippen LogP contribution in [0.1, 0.15) is 331 Å². The molecule has 5 rings (SSSR count). The molecule has 0 N–H and O–H groups in total. The minimum absolute atomic E-state index is 0. The maximum absolute atomic E-state index is 11.4. The molecule has 0 fully saturated rings. The standard InChI is InChI=1S/C10H14O2.C9H17N3O2S.C8H14N2O2S.C8H14N2OS.C8H14N2S.C8H14N2.C8H15NO2.C7H14O.C7H14S.C6H14O2S.CH4/c1-5(2)7-8(6(3)4)10(12)9(7)11;1-6(2)8-10-15(13,14)11-9(7(3)4)12(8)5;1-5(2)7-8(6(3)4)10-13(11,12)9-7;1-5(2)7-8(6(3)4)10-12(11)9-7;1-5(2)7-8(6(3)4)10-11-9-7;1-6(2)8(7(3)4)10-5-9;1-6(2)8(7(3)4)5-9(10)11;2*1-5(2)7(8)6(3)4;1-5(2)9(7,8)6(3)4;/h5-6H,1-4H3;6-7H,1-5H3;5-6H,1-4H3;5-6H,1-4H3;5-6H,1-4H3;6-7H,1-4H3;5-7H,1-4H3;2*5-6H,1-4H3;5-6H,1-4H3;1H4. The molecule has 0 saturated carbocycles. The minimum Gasteiger partial charge on any atom is -0.319 e. The fourth-order valence-corrected chi connectivity index (χ4v) is 15.5. The number of carbonyl (C=O) groups excluding carboxylic acids is 1. The first kappa shape index (κ1) is 115. The predicted octanol–water partition coefficient (Wildman–Crippen LogP) is 19.9. The van der Waals surface area contributed by atoms with Crippen molar-refractivity contribution in [2.75, 3.05) is 7.05 Å². The number of hydrogen-bond donors (Lipinski definition) is 0. The quantitative estimate of drug-likeness (QED) is 0.0280. The maximum atomic E-state index is 11.4. The highest BCUT2D eigenvalue weighted by atomic mass is 32.2. The monoisotopic (exact) mass is 1660 g/mol. The van der Waals surface area contributed by atoms with Crippen LogP contribution in [0.25, 0.3) is 0 Å². The second-order valence-corrected chi connectivity index (χ2v) is 40.2. The fourth-order valence-electron chi connectivity index (χ4n) is 10.3. The van der Waals surface area contributed by atoms with Crippen LogP contribution in [0.4, 0.5) is 0 Å². The van der Waals surface area contributed by atoms with Crippen molar-refractivity contribution in [3.05, 3.63) is 64.8 Å². The molecule has 636 valence electrons. The van der Waals surface area contributed by atoms with Crippen molar-refractivity contribution in [1.82, 2.24) is 13.6 Å². The molecule has 2 aromatic rings. The first-order chi connectivity index (χ1) is 49.2. The molecule has 1 aromatic heterocycles. The van der Waals surface area contributed by atoms with Crippen LogP contribution in [0.5, 0.6) is 0 Å². The summed E-state index contributed by atoms with van der Waals surface area (Å²) < 4.78 is 109. The number of nitrogens with zero attached hydrogens (tertiary/aromatic N) is 12. The third kappa shape index (κ3) is 43.7. The zero-order valence-electron chi connectivity index (χ0n) is 74.3. The largest absolute Gasteiger partial charge is 0.366 e. The molecule has 0 radical (unpaired) electrons. The van der Waals surface area contributed by atoms with Gasteiger partial charge in [0.25, 0.3) is 11.2 Å². The van der Waals surface area contributed by atoms with E-state index in [1.165, 1.54) is 28.0 Å². The number of sulfone groups is 1. The Morgan fingerprint density at radius 1 is 0.491 bits per heavy atom. The number of nitro groups is 1. The van der Waals surface area contributed by atoms with Gasteiger partial charge in [-0.3, -0.25) is 24.5 Å². The van der Waals surface area contributed by atoms with Gasteiger partial charge in [-0.2, -0.15) is 44.6 Å². The van der Waals surface area contributed by atoms with E-state index in [0.29, 0.717) is 76.2 Å². The summed E-state index contributed by atoms with van der Waals surface area (Å²) in [5, 5.41) is 18.0. The Morgan fingerprint density at radius 2 is 0.782 bits per heavy atom. The second kappa shape index (κ2) is 54.3. The van der Waals surface area contributed by atoms with Gasteiger partial charge in [-0.25, -0.2) is 12.6 Å². The van der Waals surface area contributed by atoms with Crippen molar-refractivity contribution in [2.24, 2.45) is 114 Å². The number of thiocarbonyl (C=S) groups is 1. The highest BCUT2D eigenvalue weighted by Gasteiger charge is 2.30. The van der Waals surface area contributed by atoms with E-state index in [-0.39, 0.29) is 92.9 Å². The molecule has 30 heteroatoms. The summed E-state index contributed by atoms with van der Waals surface area (Å²) in [4.78, 5) is 49.5. The third-order valence-electron chi connectivity index (χ3n) is 15.9. The molecule has 110 heavy (non-hydrogen) atoms. The lowest BCUT2D eigenvalue weighted by molar-refractivity contribution is -0.404. The molecule has 0 aliphatic carbocycles. The van der Waals surface area contributed by atoms with Crippen LogP contribution in [0, 0.1) is 104 Å². The van der Waals surface area contributed by atoms with Crippen LogP contribution in [0.15, 0.2) is 52.7 Å². The molecule has 1 aromatic carbocycles. The van der Waals surface area contributed by atoms with E-state index >= 15 is 0 Å². The number of amidine groups is 2. The number of carbonyl (C=O) groups is 1. The topological polar surface area (TPSA) is 353 Å². The van der Waals surface area contributed by atoms with Gasteiger partial charge in [0.15, 0.2) is 9.84 Å². The zero-order valence-corrected chi connectivity index (χ0v) is 79.2. The Morgan fingerprint density at radius 3 is 0.936 bits per heavy atom. The van der Waals surface area contributed by atoms with Gasteiger partial charge in [0.1, 0.15) is 17.5 Å². The summed E-state index contributed by atoms with van der Waals surface area (Å²) in [5.41, 5.74) is 8.21. The molecular formula is C80H148N12O12S6. The number of Topliss-reactive ketones (excluding diaryl/α,β-unsaturated/α-hetero) is 1. The average molecular weight is 1660 g/mol. The molecule has 4 heterocycles. The van der Waals surface area contributed by atoms with Gasteiger partial charge in [-0.1, -0.05) is 269 Å². The molecule has 3 aliphatic heterocycles. The first-order valence-corrected chi connectivity index (χ1v) is 44.8. The predicted molar refractivity (Wildman–Crippen MR) is 475 cm³/mol. The number of rotatable bonds is 21. The van der Waals surface area contributed by atoms with E-state index in [1.54, 1.807) is 39.6 Å². The van der Waals surface area contributed by atoms with E-state index in [4.69, 9.17) is 17.5 Å². The van der Waals surface area contributed by atoms with Crippen molar-refractivity contribution in [1.29, 1.82) is 5.26 Å². The summed E-state index contributed by atoms with van der Waals surface area (Å²) in [6.45, 7) is 79.1. The number of aromatic nitrogens is 2. The summed E-state index contributed by atoms with van der Waals surface area (Å²) >= 11 is 5.08. The van der Waals surface area contributed by atoms with E-state index in [9.17, 15) is 54.0 Å². The van der Waals surface area contributed by atoms with Gasteiger partial charge in [-0.15, -0.1) is 17.6 Å². The Hall–Kier alpha value is -5.48. The summed E-state index contributed by atoms with van der Waals surface area (Å²) in [6, 6.07) is 0. The Balaban J connectivity index is -0.000000274. The Labute approximate surface area is 680 Å². The van der Waals surface area contributed by atoms with Crippen molar-refractivity contribution in [3.8, 4) is 6.19 Å². The van der Waals surface area contributed by atoms with Gasteiger partial charge in [0, 0.05) is 53.1 Å². The minimum atomic E-state index is -3.67. The van der Waals surface area contributed by atoms with Crippen LogP contribution >= 0.6 is 23.9 Å². The number of ketones is 1. The second-order valence-electron chi connectivity index (χ2n) is 32.8. The van der Waals surface area contributed by atoms with Gasteiger partial charge < -0.3 is 4.90 Å². The van der Waals surface area contributed by atoms with Crippen LogP contribution < -0.4 is 10.9 Å². The Kier molecular flexibility index (Phi) is 57.0. The van der Waals surface area contributed by atoms with Gasteiger partial charge in [0.2, 0.25) is 23.3 Å². The number of hydrogen-bond acceptors (Lipinski definition) is 19. The summed E-state index contributed by atoms with van der Waals surface area (Å²) in [6.07, 6.45) is 2.94. The number of nitriles is 1. The number of allylic oxidation sites excluding steroid dienone is 1. The number of aliphatic imine (C=N–C) groups is 1. The van der Waals surface area contributed by atoms with Gasteiger partial charge in [0.05, 0.1) is 61.4 Å². The molecule has 0 amide bonds. The van der Waals surface area contributed by atoms with Crippen molar-refractivity contribution < 1.29 is 39.2 Å². The lowest BCUT2D eigenvalue weighted by Gasteiger charge is -2.29. The van der Waals surface area contributed by atoms with Crippen LogP contribution in [0.3, 0.4) is 0 Å². The van der Waals surface area contributed by atoms with E-state index in [2.05, 4.69) is 123 Å². The fraction of sp³-hybridized carbons (Fsp3) is 0.775. The molecule has 0 bridgehead atoms. The van der Waals surface area contributed by atoms with Crippen LogP contribution in [0.2, 0.25) is 0 Å². The van der Waals surface area contributed by atoms with Gasteiger partial charge in [-0.05, 0) is 115 Å². The smallest absolute Gasteiger partial charge is 0.319 e. The molecule has 0 atom stereocenters. The van der Waals surface area contributed by atoms with Crippen LogP contribution in [-0.2, 0) is 46.2 Å². The van der Waals surface area contributed by atoms with E-state index in [0.717, 1.165) is 40.0 Å². The molecule has 24 nitrogen and oxygen atoms in total. The van der Waals surface area contributed by atoms with E-state index < -0.39 is 41.4 Å².